The first-order valence-electron chi connectivity index (χ1n) is 7.86. The molecule has 0 aliphatic heterocycles. The molecule has 124 valence electrons. The van der Waals surface area contributed by atoms with Gasteiger partial charge in [0.05, 0.1) is 5.69 Å². The Bertz CT molecular complexity index is 1010. The predicted molar refractivity (Wildman–Crippen MR) is 96.9 cm³/mol. The molecule has 4 nitrogen and oxygen atoms in total. The summed E-state index contributed by atoms with van der Waals surface area (Å²) >= 11 is 1.53. The second-order valence-corrected chi connectivity index (χ2v) is 6.69. The third-order valence-corrected chi connectivity index (χ3v) is 4.85. The van der Waals surface area contributed by atoms with E-state index in [9.17, 15) is 4.39 Å². The highest BCUT2D eigenvalue weighted by atomic mass is 32.2. The molecule has 0 amide bonds. The minimum atomic E-state index is -0.230. The molecule has 0 fully saturated rings. The Hall–Kier alpha value is -2.73. The lowest BCUT2D eigenvalue weighted by Crippen LogP contribution is -1.96. The molecule has 0 aliphatic rings. The van der Waals surface area contributed by atoms with Crippen molar-refractivity contribution in [2.75, 3.05) is 0 Å². The molecule has 4 aromatic rings. The summed E-state index contributed by atoms with van der Waals surface area (Å²) in [7, 11) is 0. The van der Waals surface area contributed by atoms with Crippen molar-refractivity contribution in [1.29, 1.82) is 0 Å². The zero-order valence-corrected chi connectivity index (χ0v) is 14.4. The minimum Gasteiger partial charge on any atom is -0.207 e. The van der Waals surface area contributed by atoms with Gasteiger partial charge in [-0.2, -0.15) is 9.61 Å². The van der Waals surface area contributed by atoms with Gasteiger partial charge in [-0.3, -0.25) is 0 Å². The van der Waals surface area contributed by atoms with Crippen LogP contribution in [-0.4, -0.2) is 19.8 Å². The summed E-state index contributed by atoms with van der Waals surface area (Å²) in [6.45, 7) is 2.06. The van der Waals surface area contributed by atoms with Crippen LogP contribution >= 0.6 is 11.8 Å². The van der Waals surface area contributed by atoms with Gasteiger partial charge in [-0.25, -0.2) is 4.39 Å². The molecule has 0 spiro atoms. The molecule has 0 atom stereocenters. The summed E-state index contributed by atoms with van der Waals surface area (Å²) < 4.78 is 14.7. The van der Waals surface area contributed by atoms with Gasteiger partial charge in [0.2, 0.25) is 5.16 Å². The lowest BCUT2D eigenvalue weighted by molar-refractivity contribution is 0.627. The van der Waals surface area contributed by atoms with E-state index in [1.54, 1.807) is 16.6 Å². The average molecular weight is 350 g/mol. The van der Waals surface area contributed by atoms with Crippen LogP contribution in [0.3, 0.4) is 0 Å². The zero-order chi connectivity index (χ0) is 17.2. The van der Waals surface area contributed by atoms with Gasteiger partial charge in [-0.1, -0.05) is 53.7 Å². The van der Waals surface area contributed by atoms with E-state index in [-0.39, 0.29) is 5.82 Å². The standard InChI is InChI=1S/C19H15FN4S/c1-13-2-6-15(7-3-13)17-10-11-18-21-22-19(24(18)23-17)25-12-14-4-8-16(20)9-5-14/h2-11H,12H2,1H3. The second kappa shape index (κ2) is 6.64. The van der Waals surface area contributed by atoms with E-state index < -0.39 is 0 Å². The van der Waals surface area contributed by atoms with E-state index in [1.807, 2.05) is 12.1 Å². The van der Waals surface area contributed by atoms with Crippen molar-refractivity contribution in [3.63, 3.8) is 0 Å². The Balaban J connectivity index is 1.62. The lowest BCUT2D eigenvalue weighted by Gasteiger charge is -2.04. The van der Waals surface area contributed by atoms with E-state index in [4.69, 9.17) is 0 Å². The van der Waals surface area contributed by atoms with E-state index in [0.717, 1.165) is 16.8 Å². The third-order valence-electron chi connectivity index (χ3n) is 3.86. The van der Waals surface area contributed by atoms with E-state index in [0.29, 0.717) is 16.6 Å². The second-order valence-electron chi connectivity index (χ2n) is 5.75. The number of rotatable bonds is 4. The predicted octanol–water partition coefficient (Wildman–Crippen LogP) is 4.53. The van der Waals surface area contributed by atoms with Crippen molar-refractivity contribution >= 4 is 17.4 Å². The first-order chi connectivity index (χ1) is 12.2. The number of aromatic nitrogens is 4. The van der Waals surface area contributed by atoms with Gasteiger partial charge in [0.1, 0.15) is 5.82 Å². The van der Waals surface area contributed by atoms with Crippen LogP contribution in [0, 0.1) is 12.7 Å². The molecule has 25 heavy (non-hydrogen) atoms. The lowest BCUT2D eigenvalue weighted by atomic mass is 10.1. The number of aryl methyl sites for hydroxylation is 1. The van der Waals surface area contributed by atoms with Crippen LogP contribution in [0.1, 0.15) is 11.1 Å². The van der Waals surface area contributed by atoms with Crippen LogP contribution in [0.5, 0.6) is 0 Å². The Morgan fingerprint density at radius 3 is 2.44 bits per heavy atom. The molecule has 0 radical (unpaired) electrons. The summed E-state index contributed by atoms with van der Waals surface area (Å²) in [5.74, 6) is 0.448. The number of nitrogens with zero attached hydrogens (tertiary/aromatic N) is 4. The van der Waals surface area contributed by atoms with Gasteiger partial charge in [0.25, 0.3) is 0 Å². The van der Waals surface area contributed by atoms with E-state index in [2.05, 4.69) is 46.5 Å². The molecular weight excluding hydrogens is 335 g/mol. The number of benzene rings is 2. The maximum Gasteiger partial charge on any atom is 0.212 e. The van der Waals surface area contributed by atoms with Gasteiger partial charge in [-0.05, 0) is 36.8 Å². The quantitative estimate of drug-likeness (QED) is 0.507. The molecule has 0 aliphatic carbocycles. The Morgan fingerprint density at radius 1 is 0.920 bits per heavy atom. The number of fused-ring (bicyclic) bond motifs is 1. The summed E-state index contributed by atoms with van der Waals surface area (Å²) in [4.78, 5) is 0. The molecule has 2 aromatic carbocycles. The highest BCUT2D eigenvalue weighted by Crippen LogP contribution is 2.23. The summed E-state index contributed by atoms with van der Waals surface area (Å²) in [5.41, 5.74) is 4.87. The number of hydrogen-bond acceptors (Lipinski definition) is 4. The van der Waals surface area contributed by atoms with Crippen LogP contribution in [0.25, 0.3) is 16.9 Å². The van der Waals surface area contributed by atoms with Gasteiger partial charge < -0.3 is 0 Å². The largest absolute Gasteiger partial charge is 0.212 e. The van der Waals surface area contributed by atoms with Crippen molar-refractivity contribution in [2.24, 2.45) is 0 Å². The normalized spacial score (nSPS) is 11.1. The van der Waals surface area contributed by atoms with E-state index >= 15 is 0 Å². The molecular formula is C19H15FN4S. The Kier molecular flexibility index (Phi) is 4.19. The van der Waals surface area contributed by atoms with Crippen LogP contribution in [0.4, 0.5) is 4.39 Å². The summed E-state index contributed by atoms with van der Waals surface area (Å²) in [5, 5.41) is 13.8. The third kappa shape index (κ3) is 3.39. The SMILES string of the molecule is Cc1ccc(-c2ccc3nnc(SCc4ccc(F)cc4)n3n2)cc1. The number of hydrogen-bond donors (Lipinski definition) is 0. The Morgan fingerprint density at radius 2 is 1.68 bits per heavy atom. The van der Waals surface area contributed by atoms with Gasteiger partial charge in [0.15, 0.2) is 5.65 Å². The molecule has 2 heterocycles. The van der Waals surface area contributed by atoms with Crippen LogP contribution < -0.4 is 0 Å². The van der Waals surface area contributed by atoms with Crippen molar-refractivity contribution in [1.82, 2.24) is 19.8 Å². The van der Waals surface area contributed by atoms with Crippen molar-refractivity contribution in [3.8, 4) is 11.3 Å². The highest BCUT2D eigenvalue weighted by Gasteiger charge is 2.09. The maximum absolute atomic E-state index is 13.0. The molecule has 0 saturated carbocycles. The van der Waals surface area contributed by atoms with Gasteiger partial charge in [0, 0.05) is 11.3 Å². The fraction of sp³-hybridized carbons (Fsp3) is 0.105. The van der Waals surface area contributed by atoms with Crippen molar-refractivity contribution < 1.29 is 4.39 Å². The summed E-state index contributed by atoms with van der Waals surface area (Å²) in [6, 6.07) is 18.6. The number of thioether (sulfide) groups is 1. The molecule has 2 aromatic heterocycles. The smallest absolute Gasteiger partial charge is 0.207 e. The monoisotopic (exact) mass is 350 g/mol. The van der Waals surface area contributed by atoms with Crippen LogP contribution in [0.15, 0.2) is 65.8 Å². The van der Waals surface area contributed by atoms with Crippen LogP contribution in [-0.2, 0) is 5.75 Å². The molecule has 4 rings (SSSR count). The number of halogens is 1. The molecule has 0 saturated heterocycles. The first kappa shape index (κ1) is 15.8. The van der Waals surface area contributed by atoms with Crippen LogP contribution in [0.2, 0.25) is 0 Å². The molecule has 0 N–H and O–H groups in total. The molecule has 0 unspecified atom stereocenters. The zero-order valence-electron chi connectivity index (χ0n) is 13.6. The average Bonchev–Trinajstić information content (AvgIpc) is 3.04. The minimum absolute atomic E-state index is 0.230. The summed E-state index contributed by atoms with van der Waals surface area (Å²) in [6.07, 6.45) is 0. The maximum atomic E-state index is 13.0. The van der Waals surface area contributed by atoms with Gasteiger partial charge >= 0.3 is 0 Å². The fourth-order valence-corrected chi connectivity index (χ4v) is 3.31. The van der Waals surface area contributed by atoms with Crippen molar-refractivity contribution in [2.45, 2.75) is 17.8 Å². The topological polar surface area (TPSA) is 43.1 Å². The van der Waals surface area contributed by atoms with E-state index in [1.165, 1.54) is 29.5 Å². The molecule has 0 bridgehead atoms. The Labute approximate surface area is 148 Å². The van der Waals surface area contributed by atoms with Gasteiger partial charge in [-0.15, -0.1) is 10.2 Å². The first-order valence-corrected chi connectivity index (χ1v) is 8.84. The highest BCUT2D eigenvalue weighted by molar-refractivity contribution is 7.98. The fourth-order valence-electron chi connectivity index (χ4n) is 2.47. The molecule has 6 heteroatoms. The van der Waals surface area contributed by atoms with Crippen molar-refractivity contribution in [3.05, 3.63) is 77.6 Å².